The average molecular weight is 464 g/mol. The summed E-state index contributed by atoms with van der Waals surface area (Å²) in [7, 11) is 4.89. The maximum absolute atomic E-state index is 13.0. The molecule has 1 amide bonds. The van der Waals surface area contributed by atoms with Crippen LogP contribution >= 0.6 is 0 Å². The van der Waals surface area contributed by atoms with Crippen molar-refractivity contribution in [2.24, 2.45) is 5.92 Å². The second-order valence-corrected chi connectivity index (χ2v) is 9.04. The Labute approximate surface area is 201 Å². The third-order valence-electron chi connectivity index (χ3n) is 6.68. The highest BCUT2D eigenvalue weighted by Gasteiger charge is 2.22. The summed E-state index contributed by atoms with van der Waals surface area (Å²) < 4.78 is 22.6. The van der Waals surface area contributed by atoms with E-state index in [1.807, 2.05) is 36.9 Å². The highest BCUT2D eigenvalue weighted by Crippen LogP contribution is 2.42. The number of piperidine rings is 1. The zero-order chi connectivity index (χ0) is 24.4. The van der Waals surface area contributed by atoms with Crippen molar-refractivity contribution in [3.8, 4) is 28.4 Å². The van der Waals surface area contributed by atoms with Crippen LogP contribution < -0.4 is 14.2 Å². The molecule has 6 nitrogen and oxygen atoms in total. The summed E-state index contributed by atoms with van der Waals surface area (Å²) in [5, 5.41) is 0.951. The van der Waals surface area contributed by atoms with Crippen molar-refractivity contribution >= 4 is 22.4 Å². The SMILES string of the molecule is COc1ccc(-c2coc3c(C)c(OC)c(/C(C)=C/C(=O)N4CCCC(C)C4)cc23)cc1OC. The lowest BCUT2D eigenvalue weighted by Gasteiger charge is -2.30. The largest absolute Gasteiger partial charge is 0.496 e. The normalized spacial score (nSPS) is 16.6. The molecule has 0 radical (unpaired) electrons. The van der Waals surface area contributed by atoms with Gasteiger partial charge in [-0.3, -0.25) is 4.79 Å². The highest BCUT2D eigenvalue weighted by molar-refractivity contribution is 6.02. The molecule has 1 fully saturated rings. The fourth-order valence-corrected chi connectivity index (χ4v) is 4.84. The number of furan rings is 1. The number of amides is 1. The first-order chi connectivity index (χ1) is 16.4. The van der Waals surface area contributed by atoms with Crippen LogP contribution in [0, 0.1) is 12.8 Å². The molecular formula is C28H33NO5. The Balaban J connectivity index is 1.79. The molecule has 1 aliphatic heterocycles. The van der Waals surface area contributed by atoms with Crippen LogP contribution in [0.3, 0.4) is 0 Å². The summed E-state index contributed by atoms with van der Waals surface area (Å²) in [5.74, 6) is 2.62. The molecule has 1 saturated heterocycles. The number of rotatable bonds is 6. The van der Waals surface area contributed by atoms with Crippen LogP contribution in [0.5, 0.6) is 17.2 Å². The van der Waals surface area contributed by atoms with E-state index >= 15 is 0 Å². The van der Waals surface area contributed by atoms with Crippen LogP contribution in [0.4, 0.5) is 0 Å². The molecule has 2 aromatic carbocycles. The zero-order valence-corrected chi connectivity index (χ0v) is 20.9. The topological polar surface area (TPSA) is 61.1 Å². The van der Waals surface area contributed by atoms with Gasteiger partial charge in [0.05, 0.1) is 27.6 Å². The molecule has 1 aromatic heterocycles. The lowest BCUT2D eigenvalue weighted by atomic mass is 9.96. The lowest BCUT2D eigenvalue weighted by Crippen LogP contribution is -2.38. The Morgan fingerprint density at radius 2 is 1.88 bits per heavy atom. The first kappa shape index (κ1) is 23.7. The van der Waals surface area contributed by atoms with Crippen molar-refractivity contribution in [2.75, 3.05) is 34.4 Å². The van der Waals surface area contributed by atoms with Gasteiger partial charge in [-0.2, -0.15) is 0 Å². The quantitative estimate of drug-likeness (QED) is 0.414. The number of hydrogen-bond acceptors (Lipinski definition) is 5. The van der Waals surface area contributed by atoms with Crippen molar-refractivity contribution in [3.63, 3.8) is 0 Å². The number of benzene rings is 2. The van der Waals surface area contributed by atoms with Gasteiger partial charge in [0.15, 0.2) is 11.5 Å². The van der Waals surface area contributed by atoms with Gasteiger partial charge < -0.3 is 23.5 Å². The summed E-state index contributed by atoms with van der Waals surface area (Å²) in [4.78, 5) is 15.0. The van der Waals surface area contributed by atoms with Crippen molar-refractivity contribution < 1.29 is 23.4 Å². The van der Waals surface area contributed by atoms with E-state index in [0.717, 1.165) is 58.3 Å². The number of ether oxygens (including phenoxy) is 3. The van der Waals surface area contributed by atoms with Crippen molar-refractivity contribution in [3.05, 3.63) is 47.7 Å². The maximum Gasteiger partial charge on any atom is 0.246 e. The van der Waals surface area contributed by atoms with Gasteiger partial charge >= 0.3 is 0 Å². The number of carbonyl (C=O) groups excluding carboxylic acids is 1. The van der Waals surface area contributed by atoms with E-state index in [9.17, 15) is 4.79 Å². The second-order valence-electron chi connectivity index (χ2n) is 9.04. The fraction of sp³-hybridized carbons (Fsp3) is 0.393. The molecule has 2 heterocycles. The monoisotopic (exact) mass is 463 g/mol. The molecule has 1 unspecified atom stereocenters. The predicted molar refractivity (Wildman–Crippen MR) is 135 cm³/mol. The van der Waals surface area contributed by atoms with Crippen LogP contribution in [-0.2, 0) is 4.79 Å². The summed E-state index contributed by atoms with van der Waals surface area (Å²) in [6.45, 7) is 7.76. The molecule has 0 aliphatic carbocycles. The highest BCUT2D eigenvalue weighted by atomic mass is 16.5. The van der Waals surface area contributed by atoms with E-state index in [1.54, 1.807) is 33.7 Å². The van der Waals surface area contributed by atoms with E-state index in [1.165, 1.54) is 6.42 Å². The molecule has 0 spiro atoms. The Kier molecular flexibility index (Phi) is 6.87. The Bertz CT molecular complexity index is 1240. The summed E-state index contributed by atoms with van der Waals surface area (Å²) in [6, 6.07) is 7.85. The van der Waals surface area contributed by atoms with Crippen molar-refractivity contribution in [1.82, 2.24) is 4.90 Å². The predicted octanol–water partition coefficient (Wildman–Crippen LogP) is 6.10. The number of allylic oxidation sites excluding steroid dienone is 1. The van der Waals surface area contributed by atoms with E-state index in [2.05, 4.69) is 13.0 Å². The molecule has 6 heteroatoms. The standard InChI is InChI=1S/C28H33NO5/c1-17-8-7-11-29(15-17)26(30)12-18(2)21-14-22-23(16-34-28(22)19(3)27(21)33-6)20-9-10-24(31-4)25(13-20)32-5/h9-10,12-14,16-17H,7-8,11,15H2,1-6H3/b18-12+. The van der Waals surface area contributed by atoms with Crippen molar-refractivity contribution in [2.45, 2.75) is 33.6 Å². The van der Waals surface area contributed by atoms with E-state index < -0.39 is 0 Å². The number of fused-ring (bicyclic) bond motifs is 1. The van der Waals surface area contributed by atoms with Gasteiger partial charge in [0.2, 0.25) is 5.91 Å². The molecule has 3 aromatic rings. The van der Waals surface area contributed by atoms with Crippen LogP contribution in [0.15, 0.2) is 41.0 Å². The van der Waals surface area contributed by atoms with Gasteiger partial charge in [-0.25, -0.2) is 0 Å². The minimum absolute atomic E-state index is 0.0520. The van der Waals surface area contributed by atoms with Gasteiger partial charge in [0, 0.05) is 41.2 Å². The molecule has 4 rings (SSSR count). The van der Waals surface area contributed by atoms with Crippen molar-refractivity contribution in [1.29, 1.82) is 0 Å². The Hall–Kier alpha value is -3.41. The van der Waals surface area contributed by atoms with Crippen LogP contribution in [-0.4, -0.2) is 45.2 Å². The zero-order valence-electron chi connectivity index (χ0n) is 20.9. The van der Waals surface area contributed by atoms with Gasteiger partial charge in [0.25, 0.3) is 0 Å². The summed E-state index contributed by atoms with van der Waals surface area (Å²) >= 11 is 0. The van der Waals surface area contributed by atoms with Crippen LogP contribution in [0.25, 0.3) is 27.7 Å². The van der Waals surface area contributed by atoms with Gasteiger partial charge in [-0.1, -0.05) is 13.0 Å². The van der Waals surface area contributed by atoms with E-state index in [-0.39, 0.29) is 5.91 Å². The fourth-order valence-electron chi connectivity index (χ4n) is 4.84. The number of aryl methyl sites for hydroxylation is 1. The first-order valence-electron chi connectivity index (χ1n) is 11.7. The van der Waals surface area contributed by atoms with Crippen LogP contribution in [0.1, 0.15) is 37.8 Å². The van der Waals surface area contributed by atoms with E-state index in [0.29, 0.717) is 23.2 Å². The average Bonchev–Trinajstić information content (AvgIpc) is 3.27. The number of carbonyl (C=O) groups is 1. The number of hydrogen-bond donors (Lipinski definition) is 0. The molecule has 0 bridgehead atoms. The Morgan fingerprint density at radius 1 is 1.12 bits per heavy atom. The lowest BCUT2D eigenvalue weighted by molar-refractivity contribution is -0.127. The Morgan fingerprint density at radius 3 is 2.56 bits per heavy atom. The van der Waals surface area contributed by atoms with Crippen LogP contribution in [0.2, 0.25) is 0 Å². The molecule has 1 aliphatic rings. The van der Waals surface area contributed by atoms with E-state index in [4.69, 9.17) is 18.6 Å². The smallest absolute Gasteiger partial charge is 0.246 e. The molecule has 1 atom stereocenters. The van der Waals surface area contributed by atoms with Gasteiger partial charge in [-0.05, 0) is 61.9 Å². The summed E-state index contributed by atoms with van der Waals surface area (Å²) in [5.41, 5.74) is 5.29. The molecular weight excluding hydrogens is 430 g/mol. The summed E-state index contributed by atoms with van der Waals surface area (Å²) in [6.07, 6.45) is 5.71. The third kappa shape index (κ3) is 4.37. The molecule has 34 heavy (non-hydrogen) atoms. The third-order valence-corrected chi connectivity index (χ3v) is 6.68. The van der Waals surface area contributed by atoms with Gasteiger partial charge in [-0.15, -0.1) is 0 Å². The maximum atomic E-state index is 13.0. The molecule has 0 N–H and O–H groups in total. The minimum atomic E-state index is 0.0520. The molecule has 180 valence electrons. The van der Waals surface area contributed by atoms with Gasteiger partial charge in [0.1, 0.15) is 11.3 Å². The molecule has 0 saturated carbocycles. The number of methoxy groups -OCH3 is 3. The first-order valence-corrected chi connectivity index (χ1v) is 11.7. The second kappa shape index (κ2) is 9.84. The number of nitrogens with zero attached hydrogens (tertiary/aromatic N) is 1. The number of likely N-dealkylation sites (tertiary alicyclic amines) is 1. The minimum Gasteiger partial charge on any atom is -0.496 e.